The minimum Gasteiger partial charge on any atom is -0.378 e. The third-order valence-corrected chi connectivity index (χ3v) is 6.41. The van der Waals surface area contributed by atoms with Crippen LogP contribution in [0.1, 0.15) is 23.6 Å². The van der Waals surface area contributed by atoms with Gasteiger partial charge in [-0.15, -0.1) is 0 Å². The fourth-order valence-electron chi connectivity index (χ4n) is 3.48. The van der Waals surface area contributed by atoms with Crippen molar-refractivity contribution >= 4 is 15.5 Å². The van der Waals surface area contributed by atoms with Gasteiger partial charge in [0.1, 0.15) is 0 Å². The minimum absolute atomic E-state index is 0.110. The van der Waals surface area contributed by atoms with Crippen LogP contribution in [0.5, 0.6) is 0 Å². The Morgan fingerprint density at radius 1 is 1.38 bits per heavy atom. The zero-order valence-corrected chi connectivity index (χ0v) is 13.4. The molecule has 1 aromatic rings. The molecule has 3 rings (SSSR count). The predicted octanol–water partition coefficient (Wildman–Crippen LogP) is 0.755. The average molecular weight is 309 g/mol. The first-order chi connectivity index (χ1) is 9.91. The lowest BCUT2D eigenvalue weighted by atomic mass is 10.0. The van der Waals surface area contributed by atoms with Gasteiger partial charge in [-0.25, -0.2) is 8.42 Å². The summed E-state index contributed by atoms with van der Waals surface area (Å²) in [5, 5.41) is 0. The smallest absolute Gasteiger partial charge is 0.151 e. The van der Waals surface area contributed by atoms with Crippen LogP contribution in [0.15, 0.2) is 18.2 Å². The standard InChI is InChI=1S/C15H23N3O2S/c1-17(2)12-4-3-11-9-18(15(8-16)14(11)7-12)13-5-6-21(19,20)10-13/h3-4,7,13,15H,5-6,8-10,16H2,1-2H3. The molecule has 1 aromatic carbocycles. The Morgan fingerprint density at radius 2 is 2.14 bits per heavy atom. The Bertz CT molecular complexity index is 642. The van der Waals surface area contributed by atoms with E-state index >= 15 is 0 Å². The maximum Gasteiger partial charge on any atom is 0.151 e. The molecule has 2 heterocycles. The summed E-state index contributed by atoms with van der Waals surface area (Å²) in [5.74, 6) is 0.586. The van der Waals surface area contributed by atoms with Crippen molar-refractivity contribution in [3.05, 3.63) is 29.3 Å². The summed E-state index contributed by atoms with van der Waals surface area (Å²) in [4.78, 5) is 4.37. The van der Waals surface area contributed by atoms with Crippen molar-refractivity contribution in [3.8, 4) is 0 Å². The molecule has 0 amide bonds. The monoisotopic (exact) mass is 309 g/mol. The molecule has 0 saturated carbocycles. The van der Waals surface area contributed by atoms with Gasteiger partial charge >= 0.3 is 0 Å². The molecule has 0 aliphatic carbocycles. The number of rotatable bonds is 3. The molecule has 116 valence electrons. The van der Waals surface area contributed by atoms with Crippen LogP contribution in [0, 0.1) is 0 Å². The first kappa shape index (κ1) is 14.8. The molecule has 0 spiro atoms. The third-order valence-electron chi connectivity index (χ3n) is 4.66. The fourth-order valence-corrected chi connectivity index (χ4v) is 5.23. The van der Waals surface area contributed by atoms with E-state index in [1.165, 1.54) is 11.1 Å². The van der Waals surface area contributed by atoms with E-state index in [1.807, 2.05) is 14.1 Å². The maximum absolute atomic E-state index is 11.7. The summed E-state index contributed by atoms with van der Waals surface area (Å²) in [7, 11) is 1.18. The molecule has 2 aliphatic rings. The molecule has 1 fully saturated rings. The normalized spacial score (nSPS) is 27.8. The van der Waals surface area contributed by atoms with Gasteiger partial charge in [-0.3, -0.25) is 4.90 Å². The summed E-state index contributed by atoms with van der Waals surface area (Å²) >= 11 is 0. The Hall–Kier alpha value is -1.11. The Kier molecular flexibility index (Phi) is 3.71. The van der Waals surface area contributed by atoms with E-state index in [0.717, 1.165) is 18.7 Å². The lowest BCUT2D eigenvalue weighted by Crippen LogP contribution is -2.37. The average Bonchev–Trinajstić information content (AvgIpc) is 2.97. The number of hydrogen-bond acceptors (Lipinski definition) is 5. The highest BCUT2D eigenvalue weighted by atomic mass is 32.2. The number of benzene rings is 1. The van der Waals surface area contributed by atoms with Gasteiger partial charge in [-0.2, -0.15) is 0 Å². The van der Waals surface area contributed by atoms with Gasteiger partial charge in [0.25, 0.3) is 0 Å². The van der Waals surface area contributed by atoms with Gasteiger partial charge in [0.05, 0.1) is 11.5 Å². The van der Waals surface area contributed by atoms with Crippen molar-refractivity contribution in [1.29, 1.82) is 0 Å². The van der Waals surface area contributed by atoms with E-state index < -0.39 is 9.84 Å². The molecule has 1 saturated heterocycles. The summed E-state index contributed by atoms with van der Waals surface area (Å²) in [6, 6.07) is 6.70. The van der Waals surface area contributed by atoms with Crippen LogP contribution < -0.4 is 10.6 Å². The summed E-state index contributed by atoms with van der Waals surface area (Å²) in [6.45, 7) is 1.34. The van der Waals surface area contributed by atoms with Crippen LogP contribution in [-0.4, -0.2) is 51.5 Å². The summed E-state index contributed by atoms with van der Waals surface area (Å²) in [5.41, 5.74) is 9.69. The molecule has 5 nitrogen and oxygen atoms in total. The summed E-state index contributed by atoms with van der Waals surface area (Å²) in [6.07, 6.45) is 0.730. The van der Waals surface area contributed by atoms with Gasteiger partial charge in [-0.1, -0.05) is 6.07 Å². The molecule has 2 unspecified atom stereocenters. The van der Waals surface area contributed by atoms with Crippen LogP contribution in [0.4, 0.5) is 5.69 Å². The van der Waals surface area contributed by atoms with Crippen LogP contribution in [0.2, 0.25) is 0 Å². The number of anilines is 1. The largest absolute Gasteiger partial charge is 0.378 e. The van der Waals surface area contributed by atoms with Crippen molar-refractivity contribution in [2.75, 3.05) is 37.0 Å². The first-order valence-corrected chi connectivity index (χ1v) is 9.20. The van der Waals surface area contributed by atoms with Gasteiger partial charge in [-0.05, 0) is 29.7 Å². The second kappa shape index (κ2) is 5.26. The van der Waals surface area contributed by atoms with Crippen molar-refractivity contribution < 1.29 is 8.42 Å². The lowest BCUT2D eigenvalue weighted by Gasteiger charge is -2.29. The number of fused-ring (bicyclic) bond motifs is 1. The molecule has 0 radical (unpaired) electrons. The molecule has 21 heavy (non-hydrogen) atoms. The maximum atomic E-state index is 11.7. The Morgan fingerprint density at radius 3 is 2.71 bits per heavy atom. The Balaban J connectivity index is 1.90. The summed E-state index contributed by atoms with van der Waals surface area (Å²) < 4.78 is 23.5. The van der Waals surface area contributed by atoms with Gasteiger partial charge in [0.2, 0.25) is 0 Å². The first-order valence-electron chi connectivity index (χ1n) is 7.37. The molecule has 6 heteroatoms. The van der Waals surface area contributed by atoms with Crippen LogP contribution in [-0.2, 0) is 16.4 Å². The number of nitrogens with zero attached hydrogens (tertiary/aromatic N) is 2. The third kappa shape index (κ3) is 2.67. The van der Waals surface area contributed by atoms with Gasteiger partial charge in [0, 0.05) is 45.0 Å². The number of nitrogens with two attached hydrogens (primary N) is 1. The number of sulfone groups is 1. The highest BCUT2D eigenvalue weighted by Gasteiger charge is 2.39. The van der Waals surface area contributed by atoms with Gasteiger partial charge in [0.15, 0.2) is 9.84 Å². The lowest BCUT2D eigenvalue weighted by molar-refractivity contribution is 0.164. The van der Waals surface area contributed by atoms with Crippen LogP contribution in [0.3, 0.4) is 0 Å². The molecule has 0 aromatic heterocycles. The molecule has 2 atom stereocenters. The van der Waals surface area contributed by atoms with E-state index in [1.54, 1.807) is 0 Å². The van der Waals surface area contributed by atoms with E-state index in [4.69, 9.17) is 5.73 Å². The zero-order valence-electron chi connectivity index (χ0n) is 12.6. The molecule has 2 N–H and O–H groups in total. The minimum atomic E-state index is -2.86. The van der Waals surface area contributed by atoms with Crippen molar-refractivity contribution in [2.45, 2.75) is 25.0 Å². The second-order valence-corrected chi connectivity index (χ2v) is 8.49. The topological polar surface area (TPSA) is 66.6 Å². The van der Waals surface area contributed by atoms with Crippen molar-refractivity contribution in [2.24, 2.45) is 5.73 Å². The van der Waals surface area contributed by atoms with E-state index in [2.05, 4.69) is 28.0 Å². The SMILES string of the molecule is CN(C)c1ccc2c(c1)C(CN)N(C1CCS(=O)(=O)C1)C2. The predicted molar refractivity (Wildman–Crippen MR) is 85.2 cm³/mol. The molecular weight excluding hydrogens is 286 g/mol. The Labute approximate surface area is 126 Å². The van der Waals surface area contributed by atoms with Crippen molar-refractivity contribution in [1.82, 2.24) is 4.90 Å². The zero-order chi connectivity index (χ0) is 15.2. The van der Waals surface area contributed by atoms with Crippen molar-refractivity contribution in [3.63, 3.8) is 0 Å². The molecular formula is C15H23N3O2S. The highest BCUT2D eigenvalue weighted by molar-refractivity contribution is 7.91. The quantitative estimate of drug-likeness (QED) is 0.893. The van der Waals surface area contributed by atoms with E-state index in [-0.39, 0.29) is 17.8 Å². The van der Waals surface area contributed by atoms with E-state index in [9.17, 15) is 8.42 Å². The van der Waals surface area contributed by atoms with Gasteiger partial charge < -0.3 is 10.6 Å². The van der Waals surface area contributed by atoms with E-state index in [0.29, 0.717) is 12.3 Å². The van der Waals surface area contributed by atoms with Crippen LogP contribution >= 0.6 is 0 Å². The number of hydrogen-bond donors (Lipinski definition) is 1. The molecule has 0 bridgehead atoms. The molecule has 2 aliphatic heterocycles. The second-order valence-electron chi connectivity index (χ2n) is 6.26. The van der Waals surface area contributed by atoms with Crippen LogP contribution in [0.25, 0.3) is 0 Å². The highest BCUT2D eigenvalue weighted by Crippen LogP contribution is 2.38. The fraction of sp³-hybridized carbons (Fsp3) is 0.600.